The number of nitrogens with one attached hydrogen (secondary N) is 1. The molecular weight excluding hydrogens is 298 g/mol. The molecule has 2 heterocycles. The molecule has 1 N–H and O–H groups in total. The lowest BCUT2D eigenvalue weighted by atomic mass is 9.90. The van der Waals surface area contributed by atoms with Crippen LogP contribution < -0.4 is 5.32 Å². The normalized spacial score (nSPS) is 15.4. The largest absolute Gasteiger partial charge is 0.342 e. The van der Waals surface area contributed by atoms with E-state index in [1.165, 1.54) is 5.56 Å². The van der Waals surface area contributed by atoms with E-state index in [2.05, 4.69) is 40.6 Å². The molecule has 1 aliphatic heterocycles. The van der Waals surface area contributed by atoms with E-state index in [0.29, 0.717) is 19.0 Å². The predicted molar refractivity (Wildman–Crippen MR) is 95.4 cm³/mol. The maximum absolute atomic E-state index is 12.3. The number of benzene rings is 1. The van der Waals surface area contributed by atoms with Gasteiger partial charge in [0.15, 0.2) is 0 Å². The highest BCUT2D eigenvalue weighted by Crippen LogP contribution is 2.21. The topological polar surface area (TPSA) is 45.2 Å². The van der Waals surface area contributed by atoms with Crippen molar-refractivity contribution in [3.05, 3.63) is 66.0 Å². The second-order valence-electron chi connectivity index (χ2n) is 6.48. The van der Waals surface area contributed by atoms with Crippen LogP contribution in [0.15, 0.2) is 54.9 Å². The average molecular weight is 323 g/mol. The number of hydrogen-bond acceptors (Lipinski definition) is 3. The van der Waals surface area contributed by atoms with Crippen molar-refractivity contribution < 1.29 is 4.79 Å². The summed E-state index contributed by atoms with van der Waals surface area (Å²) in [5.41, 5.74) is 2.51. The van der Waals surface area contributed by atoms with Gasteiger partial charge in [-0.3, -0.25) is 9.78 Å². The molecule has 1 amide bonds. The van der Waals surface area contributed by atoms with Gasteiger partial charge in [0.2, 0.25) is 5.91 Å². The Morgan fingerprint density at radius 1 is 1.08 bits per heavy atom. The van der Waals surface area contributed by atoms with E-state index in [0.717, 1.165) is 37.9 Å². The van der Waals surface area contributed by atoms with Crippen LogP contribution in [0.25, 0.3) is 0 Å². The summed E-state index contributed by atoms with van der Waals surface area (Å²) in [7, 11) is 0. The summed E-state index contributed by atoms with van der Waals surface area (Å²) in [4.78, 5) is 18.4. The number of hydrogen-bond donors (Lipinski definition) is 1. The summed E-state index contributed by atoms with van der Waals surface area (Å²) in [6, 6.07) is 14.6. The molecule has 4 nitrogen and oxygen atoms in total. The number of carbonyl (C=O) groups excluding carboxylic acids is 1. The molecule has 2 aromatic rings. The fourth-order valence-electron chi connectivity index (χ4n) is 3.26. The zero-order chi connectivity index (χ0) is 16.6. The van der Waals surface area contributed by atoms with Gasteiger partial charge in [-0.25, -0.2) is 0 Å². The highest BCUT2D eigenvalue weighted by atomic mass is 16.2. The molecule has 0 spiro atoms. The second kappa shape index (κ2) is 8.60. The Labute approximate surface area is 143 Å². The molecule has 1 aromatic carbocycles. The van der Waals surface area contributed by atoms with Crippen molar-refractivity contribution in [3.8, 4) is 0 Å². The molecular formula is C20H25N3O. The Kier molecular flexibility index (Phi) is 5.96. The molecule has 0 bridgehead atoms. The molecule has 0 unspecified atom stereocenters. The SMILES string of the molecule is O=C(CNCc1cccnc1)N1CCC(Cc2ccccc2)CC1. The third-order valence-corrected chi connectivity index (χ3v) is 4.66. The average Bonchev–Trinajstić information content (AvgIpc) is 2.64. The first-order chi connectivity index (χ1) is 11.8. The lowest BCUT2D eigenvalue weighted by molar-refractivity contribution is -0.131. The van der Waals surface area contributed by atoms with Gasteiger partial charge in [-0.2, -0.15) is 0 Å². The third kappa shape index (κ3) is 4.90. The van der Waals surface area contributed by atoms with Crippen LogP contribution in [-0.4, -0.2) is 35.4 Å². The molecule has 24 heavy (non-hydrogen) atoms. The molecule has 0 aliphatic carbocycles. The first kappa shape index (κ1) is 16.7. The molecule has 3 rings (SSSR count). The molecule has 1 fully saturated rings. The Balaban J connectivity index is 1.37. The number of aromatic nitrogens is 1. The maximum atomic E-state index is 12.3. The summed E-state index contributed by atoms with van der Waals surface area (Å²) >= 11 is 0. The number of carbonyl (C=O) groups is 1. The van der Waals surface area contributed by atoms with Crippen LogP contribution >= 0.6 is 0 Å². The van der Waals surface area contributed by atoms with Gasteiger partial charge in [0.05, 0.1) is 6.54 Å². The minimum Gasteiger partial charge on any atom is -0.342 e. The van der Waals surface area contributed by atoms with Crippen molar-refractivity contribution in [1.29, 1.82) is 0 Å². The predicted octanol–water partition coefficient (Wildman–Crippen LogP) is 2.65. The van der Waals surface area contributed by atoms with E-state index < -0.39 is 0 Å². The van der Waals surface area contributed by atoms with E-state index >= 15 is 0 Å². The van der Waals surface area contributed by atoms with Crippen LogP contribution in [-0.2, 0) is 17.8 Å². The van der Waals surface area contributed by atoms with Gasteiger partial charge in [-0.05, 0) is 42.4 Å². The van der Waals surface area contributed by atoms with Gasteiger partial charge in [0, 0.05) is 32.0 Å². The van der Waals surface area contributed by atoms with E-state index in [4.69, 9.17) is 0 Å². The van der Waals surface area contributed by atoms with Crippen LogP contribution in [0.3, 0.4) is 0 Å². The lowest BCUT2D eigenvalue weighted by Gasteiger charge is -2.32. The molecule has 126 valence electrons. The summed E-state index contributed by atoms with van der Waals surface area (Å²) < 4.78 is 0. The van der Waals surface area contributed by atoms with E-state index in [-0.39, 0.29) is 5.91 Å². The minimum atomic E-state index is 0.206. The molecule has 1 aromatic heterocycles. The van der Waals surface area contributed by atoms with Gasteiger partial charge in [-0.15, -0.1) is 0 Å². The molecule has 4 heteroatoms. The fraction of sp³-hybridized carbons (Fsp3) is 0.400. The van der Waals surface area contributed by atoms with Gasteiger partial charge in [-0.1, -0.05) is 36.4 Å². The summed E-state index contributed by atoms with van der Waals surface area (Å²) in [6.07, 6.45) is 6.91. The maximum Gasteiger partial charge on any atom is 0.236 e. The number of piperidine rings is 1. The smallest absolute Gasteiger partial charge is 0.236 e. The van der Waals surface area contributed by atoms with Crippen LogP contribution in [0, 0.1) is 5.92 Å². The van der Waals surface area contributed by atoms with Gasteiger partial charge >= 0.3 is 0 Å². The number of pyridine rings is 1. The van der Waals surface area contributed by atoms with Crippen molar-refractivity contribution in [2.75, 3.05) is 19.6 Å². The molecule has 0 atom stereocenters. The molecule has 1 saturated heterocycles. The van der Waals surface area contributed by atoms with E-state index in [1.54, 1.807) is 6.20 Å². The fourth-order valence-corrected chi connectivity index (χ4v) is 3.26. The summed E-state index contributed by atoms with van der Waals surface area (Å²) in [5.74, 6) is 0.900. The van der Waals surface area contributed by atoms with E-state index in [1.807, 2.05) is 23.2 Å². The molecule has 0 saturated carbocycles. The minimum absolute atomic E-state index is 0.206. The van der Waals surface area contributed by atoms with Gasteiger partial charge in [0.1, 0.15) is 0 Å². The first-order valence-corrected chi connectivity index (χ1v) is 8.72. The molecule has 0 radical (unpaired) electrons. The zero-order valence-corrected chi connectivity index (χ0v) is 14.0. The second-order valence-corrected chi connectivity index (χ2v) is 6.48. The van der Waals surface area contributed by atoms with Gasteiger partial charge in [0.25, 0.3) is 0 Å². The summed E-state index contributed by atoms with van der Waals surface area (Å²) in [6.45, 7) is 2.85. The third-order valence-electron chi connectivity index (χ3n) is 4.66. The van der Waals surface area contributed by atoms with Crippen LogP contribution in [0.1, 0.15) is 24.0 Å². The number of amides is 1. The number of rotatable bonds is 6. The highest BCUT2D eigenvalue weighted by molar-refractivity contribution is 5.78. The first-order valence-electron chi connectivity index (χ1n) is 8.72. The van der Waals surface area contributed by atoms with Crippen molar-refractivity contribution >= 4 is 5.91 Å². The van der Waals surface area contributed by atoms with E-state index in [9.17, 15) is 4.79 Å². The van der Waals surface area contributed by atoms with Gasteiger partial charge < -0.3 is 10.2 Å². The Morgan fingerprint density at radius 2 is 1.83 bits per heavy atom. The monoisotopic (exact) mass is 323 g/mol. The van der Waals surface area contributed by atoms with Crippen molar-refractivity contribution in [2.24, 2.45) is 5.92 Å². The number of likely N-dealkylation sites (tertiary alicyclic amines) is 1. The van der Waals surface area contributed by atoms with Crippen LogP contribution in [0.5, 0.6) is 0 Å². The lowest BCUT2D eigenvalue weighted by Crippen LogP contribution is -2.43. The Bertz CT molecular complexity index is 622. The Morgan fingerprint density at radius 3 is 2.54 bits per heavy atom. The molecule has 1 aliphatic rings. The van der Waals surface area contributed by atoms with Crippen molar-refractivity contribution in [1.82, 2.24) is 15.2 Å². The van der Waals surface area contributed by atoms with Crippen molar-refractivity contribution in [3.63, 3.8) is 0 Å². The number of nitrogens with zero attached hydrogens (tertiary/aromatic N) is 2. The zero-order valence-electron chi connectivity index (χ0n) is 14.0. The summed E-state index contributed by atoms with van der Waals surface area (Å²) in [5, 5.41) is 3.22. The Hall–Kier alpha value is -2.20. The van der Waals surface area contributed by atoms with Crippen molar-refractivity contribution in [2.45, 2.75) is 25.8 Å². The van der Waals surface area contributed by atoms with Crippen LogP contribution in [0.2, 0.25) is 0 Å². The highest BCUT2D eigenvalue weighted by Gasteiger charge is 2.22. The standard InChI is InChI=1S/C20H25N3O/c24-20(16-22-15-19-7-4-10-21-14-19)23-11-8-18(9-12-23)13-17-5-2-1-3-6-17/h1-7,10,14,18,22H,8-9,11-13,15-16H2. The van der Waals surface area contributed by atoms with Crippen LogP contribution in [0.4, 0.5) is 0 Å². The quantitative estimate of drug-likeness (QED) is 0.889.